The van der Waals surface area contributed by atoms with E-state index in [0.717, 1.165) is 19.2 Å². The van der Waals surface area contributed by atoms with Crippen LogP contribution in [0.2, 0.25) is 0 Å². The van der Waals surface area contributed by atoms with Gasteiger partial charge in [0.2, 0.25) is 0 Å². The van der Waals surface area contributed by atoms with Crippen LogP contribution >= 0.6 is 0 Å². The van der Waals surface area contributed by atoms with Crippen LogP contribution in [0.25, 0.3) is 0 Å². The van der Waals surface area contributed by atoms with Gasteiger partial charge in [0, 0.05) is 25.2 Å². The number of ether oxygens (including phenoxy) is 1. The Balaban J connectivity index is 1.58. The van der Waals surface area contributed by atoms with Crippen LogP contribution < -0.4 is 11.1 Å². The van der Waals surface area contributed by atoms with Crippen LogP contribution in [0.5, 0.6) is 0 Å². The summed E-state index contributed by atoms with van der Waals surface area (Å²) in [5.74, 6) is -1.93. The van der Waals surface area contributed by atoms with Crippen molar-refractivity contribution in [2.45, 2.75) is 25.0 Å². The molecule has 2 aliphatic rings. The Morgan fingerprint density at radius 2 is 2.30 bits per heavy atom. The molecule has 3 rings (SSSR count). The minimum atomic E-state index is -0.845. The SMILES string of the molecule is Nc1nc(NCC2CN3CCCC3CO2)c(F)cc1F. The second-order valence-electron chi connectivity index (χ2n) is 5.31. The highest BCUT2D eigenvalue weighted by molar-refractivity contribution is 5.44. The van der Waals surface area contributed by atoms with Crippen LogP contribution in [-0.4, -0.2) is 48.3 Å². The molecule has 2 aliphatic heterocycles. The average molecular weight is 284 g/mol. The summed E-state index contributed by atoms with van der Waals surface area (Å²) in [4.78, 5) is 6.07. The number of pyridine rings is 1. The van der Waals surface area contributed by atoms with E-state index in [0.29, 0.717) is 19.2 Å². The first-order chi connectivity index (χ1) is 9.63. The molecule has 7 heteroatoms. The maximum absolute atomic E-state index is 13.5. The third-order valence-electron chi connectivity index (χ3n) is 3.92. The maximum Gasteiger partial charge on any atom is 0.168 e. The molecule has 0 spiro atoms. The van der Waals surface area contributed by atoms with Crippen LogP contribution in [0.4, 0.5) is 20.4 Å². The molecule has 2 atom stereocenters. The number of rotatable bonds is 3. The molecule has 0 saturated carbocycles. The third kappa shape index (κ3) is 2.69. The molecule has 2 unspecified atom stereocenters. The largest absolute Gasteiger partial charge is 0.381 e. The van der Waals surface area contributed by atoms with Gasteiger partial charge in [-0.2, -0.15) is 0 Å². The van der Waals surface area contributed by atoms with Gasteiger partial charge in [0.1, 0.15) is 0 Å². The number of hydrogen-bond donors (Lipinski definition) is 2. The molecule has 110 valence electrons. The van der Waals surface area contributed by atoms with Crippen molar-refractivity contribution >= 4 is 11.6 Å². The van der Waals surface area contributed by atoms with Gasteiger partial charge in [-0.3, -0.25) is 4.90 Å². The number of morpholine rings is 1. The lowest BCUT2D eigenvalue weighted by Gasteiger charge is -2.35. The zero-order chi connectivity index (χ0) is 14.1. The fraction of sp³-hybridized carbons (Fsp3) is 0.615. The van der Waals surface area contributed by atoms with E-state index in [1.54, 1.807) is 0 Å². The van der Waals surface area contributed by atoms with E-state index in [9.17, 15) is 8.78 Å². The minimum Gasteiger partial charge on any atom is -0.381 e. The Hall–Kier alpha value is -1.47. The molecule has 0 aliphatic carbocycles. The molecule has 2 saturated heterocycles. The summed E-state index contributed by atoms with van der Waals surface area (Å²) in [6.45, 7) is 3.07. The highest BCUT2D eigenvalue weighted by Crippen LogP contribution is 2.23. The van der Waals surface area contributed by atoms with Crippen molar-refractivity contribution in [1.82, 2.24) is 9.88 Å². The molecule has 0 bridgehead atoms. The van der Waals surface area contributed by atoms with Crippen molar-refractivity contribution in [3.63, 3.8) is 0 Å². The first kappa shape index (κ1) is 13.5. The van der Waals surface area contributed by atoms with E-state index in [2.05, 4.69) is 15.2 Å². The van der Waals surface area contributed by atoms with Crippen molar-refractivity contribution in [3.05, 3.63) is 17.7 Å². The number of aromatic nitrogens is 1. The molecule has 2 fully saturated rings. The normalized spacial score (nSPS) is 26.5. The Labute approximate surface area is 116 Å². The van der Waals surface area contributed by atoms with Gasteiger partial charge >= 0.3 is 0 Å². The Morgan fingerprint density at radius 3 is 3.15 bits per heavy atom. The summed E-state index contributed by atoms with van der Waals surface area (Å²) in [5, 5.41) is 2.85. The highest BCUT2D eigenvalue weighted by Gasteiger charge is 2.32. The molecule has 0 aromatic carbocycles. The van der Waals surface area contributed by atoms with Crippen molar-refractivity contribution in [2.24, 2.45) is 0 Å². The van der Waals surface area contributed by atoms with Gasteiger partial charge in [-0.15, -0.1) is 0 Å². The summed E-state index contributed by atoms with van der Waals surface area (Å²) < 4.78 is 32.3. The molecule has 5 nitrogen and oxygen atoms in total. The van der Waals surface area contributed by atoms with Crippen LogP contribution in [-0.2, 0) is 4.74 Å². The lowest BCUT2D eigenvalue weighted by Crippen LogP contribution is -2.48. The van der Waals surface area contributed by atoms with E-state index < -0.39 is 11.6 Å². The predicted octanol–water partition coefficient (Wildman–Crippen LogP) is 1.22. The molecule has 0 amide bonds. The van der Waals surface area contributed by atoms with Crippen molar-refractivity contribution in [1.29, 1.82) is 0 Å². The minimum absolute atomic E-state index is 0.0168. The van der Waals surface area contributed by atoms with Gasteiger partial charge in [-0.25, -0.2) is 13.8 Å². The summed E-state index contributed by atoms with van der Waals surface area (Å²) >= 11 is 0. The number of fused-ring (bicyclic) bond motifs is 1. The Morgan fingerprint density at radius 1 is 1.45 bits per heavy atom. The molecular formula is C13H18F2N4O. The van der Waals surface area contributed by atoms with Gasteiger partial charge in [0.15, 0.2) is 23.3 Å². The fourth-order valence-electron chi connectivity index (χ4n) is 2.82. The third-order valence-corrected chi connectivity index (χ3v) is 3.92. The maximum atomic E-state index is 13.5. The first-order valence-corrected chi connectivity index (χ1v) is 6.84. The molecule has 3 heterocycles. The summed E-state index contributed by atoms with van der Waals surface area (Å²) in [7, 11) is 0. The van der Waals surface area contributed by atoms with Gasteiger partial charge in [0.05, 0.1) is 12.7 Å². The van der Waals surface area contributed by atoms with E-state index in [4.69, 9.17) is 10.5 Å². The predicted molar refractivity (Wildman–Crippen MR) is 71.4 cm³/mol. The molecule has 20 heavy (non-hydrogen) atoms. The number of nitrogen functional groups attached to an aromatic ring is 1. The van der Waals surface area contributed by atoms with Crippen LogP contribution in [0, 0.1) is 11.6 Å². The smallest absolute Gasteiger partial charge is 0.168 e. The van der Waals surface area contributed by atoms with Crippen molar-refractivity contribution < 1.29 is 13.5 Å². The molecule has 1 aromatic rings. The molecule has 0 radical (unpaired) electrons. The summed E-state index contributed by atoms with van der Waals surface area (Å²) in [6.07, 6.45) is 2.38. The van der Waals surface area contributed by atoms with Crippen molar-refractivity contribution in [3.8, 4) is 0 Å². The monoisotopic (exact) mass is 284 g/mol. The van der Waals surface area contributed by atoms with Crippen molar-refractivity contribution in [2.75, 3.05) is 37.3 Å². The number of nitrogens with zero attached hydrogens (tertiary/aromatic N) is 2. The average Bonchev–Trinajstić information content (AvgIpc) is 2.89. The van der Waals surface area contributed by atoms with Gasteiger partial charge < -0.3 is 15.8 Å². The van der Waals surface area contributed by atoms with Gasteiger partial charge in [-0.1, -0.05) is 0 Å². The summed E-state index contributed by atoms with van der Waals surface area (Å²) in [6, 6.07) is 1.27. The highest BCUT2D eigenvalue weighted by atomic mass is 19.1. The zero-order valence-corrected chi connectivity index (χ0v) is 11.1. The van der Waals surface area contributed by atoms with Crippen LogP contribution in [0.3, 0.4) is 0 Å². The Bertz CT molecular complexity index is 500. The lowest BCUT2D eigenvalue weighted by molar-refractivity contribution is -0.0416. The molecule has 1 aromatic heterocycles. The number of anilines is 2. The molecule has 3 N–H and O–H groups in total. The Kier molecular flexibility index (Phi) is 3.71. The lowest BCUT2D eigenvalue weighted by atomic mass is 10.2. The van der Waals surface area contributed by atoms with E-state index in [-0.39, 0.29) is 17.7 Å². The zero-order valence-electron chi connectivity index (χ0n) is 11.1. The number of nitrogens with two attached hydrogens (primary N) is 1. The number of nitrogens with one attached hydrogen (secondary N) is 1. The fourth-order valence-corrected chi connectivity index (χ4v) is 2.82. The topological polar surface area (TPSA) is 63.4 Å². The van der Waals surface area contributed by atoms with Gasteiger partial charge in [0.25, 0.3) is 0 Å². The van der Waals surface area contributed by atoms with E-state index in [1.165, 1.54) is 12.8 Å². The standard InChI is InChI=1S/C13H18F2N4O/c14-10-4-11(15)13(18-12(10)16)17-5-9-6-19-3-1-2-8(19)7-20-9/h4,8-9H,1-3,5-7H2,(H3,16,17,18). The quantitative estimate of drug-likeness (QED) is 0.873. The summed E-state index contributed by atoms with van der Waals surface area (Å²) in [5.41, 5.74) is 5.34. The second kappa shape index (κ2) is 5.49. The first-order valence-electron chi connectivity index (χ1n) is 6.84. The number of halogens is 2. The van der Waals surface area contributed by atoms with Crippen LogP contribution in [0.1, 0.15) is 12.8 Å². The van der Waals surface area contributed by atoms with E-state index >= 15 is 0 Å². The molecular weight excluding hydrogens is 266 g/mol. The van der Waals surface area contributed by atoms with E-state index in [1.807, 2.05) is 0 Å². The van der Waals surface area contributed by atoms with Gasteiger partial charge in [-0.05, 0) is 19.4 Å². The second-order valence-corrected chi connectivity index (χ2v) is 5.31. The number of hydrogen-bond acceptors (Lipinski definition) is 5. The van der Waals surface area contributed by atoms with Crippen LogP contribution in [0.15, 0.2) is 6.07 Å².